The summed E-state index contributed by atoms with van der Waals surface area (Å²) in [5, 5.41) is 3.54. The smallest absolute Gasteiger partial charge is 0.238 e. The lowest BCUT2D eigenvalue weighted by atomic mass is 10.3. The minimum Gasteiger partial charge on any atom is -0.301 e. The molecule has 1 aromatic carbocycles. The molecule has 0 radical (unpaired) electrons. The fourth-order valence-electron chi connectivity index (χ4n) is 1.55. The first-order chi connectivity index (χ1) is 9.06. The van der Waals surface area contributed by atoms with Crippen LogP contribution in [-0.4, -0.2) is 21.9 Å². The number of carbonyl (C=O) groups excluding carboxylic acids is 1. The Morgan fingerprint density at radius 1 is 1.37 bits per heavy atom. The quantitative estimate of drug-likeness (QED) is 0.906. The predicted molar refractivity (Wildman–Crippen MR) is 85.0 cm³/mol. The summed E-state index contributed by atoms with van der Waals surface area (Å²) in [6.07, 6.45) is 0. The zero-order valence-electron chi connectivity index (χ0n) is 11.3. The van der Waals surface area contributed by atoms with E-state index in [1.54, 1.807) is 11.8 Å². The second-order valence-electron chi connectivity index (χ2n) is 4.85. The molecule has 2 aromatic rings. The number of para-hydroxylation sites is 1. The molecule has 19 heavy (non-hydrogen) atoms. The highest BCUT2D eigenvalue weighted by molar-refractivity contribution is 8.00. The van der Waals surface area contributed by atoms with Crippen molar-refractivity contribution in [3.8, 4) is 0 Å². The Labute approximate surface area is 121 Å². The monoisotopic (exact) mass is 294 g/mol. The van der Waals surface area contributed by atoms with Crippen molar-refractivity contribution >= 4 is 44.4 Å². The van der Waals surface area contributed by atoms with Crippen molar-refractivity contribution in [3.05, 3.63) is 24.3 Å². The van der Waals surface area contributed by atoms with Crippen molar-refractivity contribution in [2.24, 2.45) is 5.92 Å². The summed E-state index contributed by atoms with van der Waals surface area (Å²) < 4.78 is 1.10. The van der Waals surface area contributed by atoms with Gasteiger partial charge in [0.15, 0.2) is 5.13 Å². The Morgan fingerprint density at radius 3 is 2.79 bits per heavy atom. The van der Waals surface area contributed by atoms with Crippen molar-refractivity contribution in [1.82, 2.24) is 4.98 Å². The van der Waals surface area contributed by atoms with Gasteiger partial charge in [0.05, 0.1) is 15.5 Å². The van der Waals surface area contributed by atoms with Gasteiger partial charge in [0.1, 0.15) is 0 Å². The number of nitrogens with zero attached hydrogens (tertiary/aromatic N) is 1. The molecule has 1 heterocycles. The third-order valence-corrected chi connectivity index (χ3v) is 5.10. The van der Waals surface area contributed by atoms with Crippen LogP contribution in [0.25, 0.3) is 10.2 Å². The molecule has 1 amide bonds. The molecule has 0 aliphatic rings. The molecule has 0 spiro atoms. The fraction of sp³-hybridized carbons (Fsp3) is 0.429. The Bertz CT molecular complexity index is 532. The SMILES string of the molecule is CC(C)CSC(C)C(=O)Nc1nc2ccccc2s1. The first-order valence-electron chi connectivity index (χ1n) is 6.34. The number of hydrogen-bond donors (Lipinski definition) is 1. The first-order valence-corrected chi connectivity index (χ1v) is 8.21. The highest BCUT2D eigenvalue weighted by Gasteiger charge is 2.15. The van der Waals surface area contributed by atoms with Gasteiger partial charge in [-0.25, -0.2) is 4.98 Å². The van der Waals surface area contributed by atoms with Crippen molar-refractivity contribution < 1.29 is 4.79 Å². The maximum absolute atomic E-state index is 12.0. The molecule has 5 heteroatoms. The van der Waals surface area contributed by atoms with Gasteiger partial charge >= 0.3 is 0 Å². The van der Waals surface area contributed by atoms with E-state index in [-0.39, 0.29) is 11.2 Å². The van der Waals surface area contributed by atoms with Gasteiger partial charge < -0.3 is 5.32 Å². The van der Waals surface area contributed by atoms with Crippen LogP contribution < -0.4 is 5.32 Å². The second kappa shape index (κ2) is 6.39. The number of anilines is 1. The van der Waals surface area contributed by atoms with E-state index in [4.69, 9.17) is 0 Å². The summed E-state index contributed by atoms with van der Waals surface area (Å²) in [5.74, 6) is 1.63. The van der Waals surface area contributed by atoms with Crippen LogP contribution in [0, 0.1) is 5.92 Å². The molecule has 1 N–H and O–H groups in total. The molecule has 3 nitrogen and oxygen atoms in total. The third-order valence-electron chi connectivity index (χ3n) is 2.57. The van der Waals surface area contributed by atoms with Gasteiger partial charge in [-0.1, -0.05) is 37.3 Å². The van der Waals surface area contributed by atoms with Crippen LogP contribution in [0.5, 0.6) is 0 Å². The predicted octanol–water partition coefficient (Wildman–Crippen LogP) is 4.01. The maximum Gasteiger partial charge on any atom is 0.238 e. The van der Waals surface area contributed by atoms with Crippen molar-refractivity contribution in [1.29, 1.82) is 0 Å². The van der Waals surface area contributed by atoms with Crippen LogP contribution in [0.4, 0.5) is 5.13 Å². The molecule has 2 rings (SSSR count). The van der Waals surface area contributed by atoms with Gasteiger partial charge in [-0.2, -0.15) is 0 Å². The molecule has 0 aliphatic heterocycles. The summed E-state index contributed by atoms with van der Waals surface area (Å²) in [7, 11) is 0. The number of amides is 1. The van der Waals surface area contributed by atoms with Gasteiger partial charge in [0, 0.05) is 0 Å². The van der Waals surface area contributed by atoms with E-state index < -0.39 is 0 Å². The number of benzene rings is 1. The van der Waals surface area contributed by atoms with E-state index in [1.165, 1.54) is 11.3 Å². The number of thioether (sulfide) groups is 1. The molecule has 0 saturated heterocycles. The molecule has 1 atom stereocenters. The number of thiazole rings is 1. The molecular formula is C14H18N2OS2. The largest absolute Gasteiger partial charge is 0.301 e. The van der Waals surface area contributed by atoms with E-state index in [0.29, 0.717) is 11.0 Å². The Morgan fingerprint density at radius 2 is 2.11 bits per heavy atom. The molecule has 1 aromatic heterocycles. The van der Waals surface area contributed by atoms with Gasteiger partial charge in [0.25, 0.3) is 0 Å². The zero-order chi connectivity index (χ0) is 13.8. The minimum absolute atomic E-state index is 0.0321. The van der Waals surface area contributed by atoms with Crippen LogP contribution >= 0.6 is 23.1 Å². The Kier molecular flexibility index (Phi) is 4.82. The van der Waals surface area contributed by atoms with Gasteiger partial charge in [-0.05, 0) is 30.7 Å². The zero-order valence-corrected chi connectivity index (χ0v) is 13.0. The average molecular weight is 294 g/mol. The highest BCUT2D eigenvalue weighted by Crippen LogP contribution is 2.26. The van der Waals surface area contributed by atoms with Crippen LogP contribution in [0.2, 0.25) is 0 Å². The minimum atomic E-state index is -0.0468. The summed E-state index contributed by atoms with van der Waals surface area (Å²) in [6.45, 7) is 6.26. The Hall–Kier alpha value is -1.07. The van der Waals surface area contributed by atoms with Crippen LogP contribution in [0.1, 0.15) is 20.8 Å². The fourth-order valence-corrected chi connectivity index (χ4v) is 3.30. The molecule has 0 aliphatic carbocycles. The van der Waals surface area contributed by atoms with Crippen LogP contribution in [0.15, 0.2) is 24.3 Å². The van der Waals surface area contributed by atoms with E-state index in [9.17, 15) is 4.79 Å². The van der Waals surface area contributed by atoms with Gasteiger partial charge in [0.2, 0.25) is 5.91 Å². The summed E-state index contributed by atoms with van der Waals surface area (Å²) >= 11 is 3.20. The van der Waals surface area contributed by atoms with Gasteiger partial charge in [-0.3, -0.25) is 4.79 Å². The number of hydrogen-bond acceptors (Lipinski definition) is 4. The van der Waals surface area contributed by atoms with Crippen LogP contribution in [-0.2, 0) is 4.79 Å². The second-order valence-corrected chi connectivity index (χ2v) is 7.25. The molecular weight excluding hydrogens is 276 g/mol. The van der Waals surface area contributed by atoms with Crippen molar-refractivity contribution in [2.45, 2.75) is 26.0 Å². The molecule has 102 valence electrons. The maximum atomic E-state index is 12.0. The number of fused-ring (bicyclic) bond motifs is 1. The lowest BCUT2D eigenvalue weighted by molar-refractivity contribution is -0.115. The standard InChI is InChI=1S/C14H18N2OS2/c1-9(2)8-18-10(3)13(17)16-14-15-11-6-4-5-7-12(11)19-14/h4-7,9-10H,8H2,1-3H3,(H,15,16,17). The first kappa shape index (κ1) is 14.3. The topological polar surface area (TPSA) is 42.0 Å². The average Bonchev–Trinajstić information content (AvgIpc) is 2.77. The molecule has 0 bridgehead atoms. The summed E-state index contributed by atoms with van der Waals surface area (Å²) in [6, 6.07) is 7.90. The Balaban J connectivity index is 1.98. The molecule has 0 saturated carbocycles. The van der Waals surface area contributed by atoms with Gasteiger partial charge in [-0.15, -0.1) is 11.8 Å². The lowest BCUT2D eigenvalue weighted by Crippen LogP contribution is -2.23. The number of rotatable bonds is 5. The number of carbonyl (C=O) groups is 1. The van der Waals surface area contributed by atoms with E-state index in [0.717, 1.165) is 16.0 Å². The third kappa shape index (κ3) is 3.94. The number of aromatic nitrogens is 1. The van der Waals surface area contributed by atoms with E-state index >= 15 is 0 Å². The van der Waals surface area contributed by atoms with Crippen molar-refractivity contribution in [3.63, 3.8) is 0 Å². The van der Waals surface area contributed by atoms with E-state index in [1.807, 2.05) is 31.2 Å². The normalized spacial score (nSPS) is 12.8. The number of nitrogens with one attached hydrogen (secondary N) is 1. The van der Waals surface area contributed by atoms with Crippen molar-refractivity contribution in [2.75, 3.05) is 11.1 Å². The van der Waals surface area contributed by atoms with E-state index in [2.05, 4.69) is 24.1 Å². The summed E-state index contributed by atoms with van der Waals surface area (Å²) in [5.41, 5.74) is 0.935. The molecule has 1 unspecified atom stereocenters. The highest BCUT2D eigenvalue weighted by atomic mass is 32.2. The summed E-state index contributed by atoms with van der Waals surface area (Å²) in [4.78, 5) is 16.4. The lowest BCUT2D eigenvalue weighted by Gasteiger charge is -2.11. The molecule has 0 fully saturated rings. The van der Waals surface area contributed by atoms with Crippen LogP contribution in [0.3, 0.4) is 0 Å².